The van der Waals surface area contributed by atoms with Crippen LogP contribution >= 0.6 is 34.8 Å². The van der Waals surface area contributed by atoms with E-state index in [-0.39, 0.29) is 7.43 Å². The molecule has 0 spiro atoms. The Morgan fingerprint density at radius 2 is 0.971 bits per heavy atom. The van der Waals surface area contributed by atoms with E-state index in [1.165, 1.54) is 23.5 Å². The second-order valence-corrected chi connectivity index (χ2v) is 8.37. The normalized spacial score (nSPS) is 9.47. The molecule has 0 amide bonds. The van der Waals surface area contributed by atoms with Crippen LogP contribution in [-0.2, 0) is 0 Å². The molecule has 4 aromatic rings. The maximum Gasteiger partial charge on any atom is 0.180 e. The molecule has 0 aliphatic carbocycles. The van der Waals surface area contributed by atoms with Gasteiger partial charge in [0, 0.05) is 24.5 Å². The Labute approximate surface area is 216 Å². The third-order valence-corrected chi connectivity index (χ3v) is 4.33. The van der Waals surface area contributed by atoms with Crippen molar-refractivity contribution in [2.45, 2.75) is 11.7 Å². The van der Waals surface area contributed by atoms with Crippen LogP contribution in [0.15, 0.2) is 97.6 Å². The van der Waals surface area contributed by atoms with Crippen molar-refractivity contribution in [2.75, 3.05) is 14.2 Å². The second-order valence-electron chi connectivity index (χ2n) is 6.39. The number of alkyl halides is 3. The SMILES string of the molecule is C.COc1ccc(-c2cc[n+]([O-])cc2)cc1.COc1ccc(-c2ccncc2)cc1.ClC(Cl)Cl. The zero-order valence-corrected chi connectivity index (χ0v) is 20.3. The van der Waals surface area contributed by atoms with E-state index in [0.717, 1.165) is 27.4 Å². The molecule has 0 atom stereocenters. The monoisotopic (exact) mass is 520 g/mol. The lowest BCUT2D eigenvalue weighted by Gasteiger charge is -2.03. The van der Waals surface area contributed by atoms with Crippen LogP contribution in [0.2, 0.25) is 0 Å². The predicted octanol–water partition coefficient (Wildman–Crippen LogP) is 7.38. The fourth-order valence-electron chi connectivity index (χ4n) is 2.72. The Kier molecular flexibility index (Phi) is 13.5. The van der Waals surface area contributed by atoms with Crippen LogP contribution < -0.4 is 14.2 Å². The van der Waals surface area contributed by atoms with E-state index in [1.54, 1.807) is 38.7 Å². The Bertz CT molecular complexity index is 1060. The van der Waals surface area contributed by atoms with Gasteiger partial charge in [0.15, 0.2) is 16.7 Å². The Morgan fingerprint density at radius 3 is 1.32 bits per heavy atom. The van der Waals surface area contributed by atoms with E-state index >= 15 is 0 Å². The summed E-state index contributed by atoms with van der Waals surface area (Å²) in [5.74, 6) is 1.70. The zero-order chi connectivity index (χ0) is 24.1. The van der Waals surface area contributed by atoms with Gasteiger partial charge in [-0.3, -0.25) is 4.98 Å². The molecule has 5 nitrogen and oxygen atoms in total. The lowest BCUT2D eigenvalue weighted by molar-refractivity contribution is -0.605. The van der Waals surface area contributed by atoms with Crippen molar-refractivity contribution >= 4 is 34.8 Å². The number of rotatable bonds is 4. The molecule has 8 heteroatoms. The summed E-state index contributed by atoms with van der Waals surface area (Å²) >= 11 is 14.4. The van der Waals surface area contributed by atoms with E-state index in [4.69, 9.17) is 44.3 Å². The average molecular weight is 522 g/mol. The molecule has 0 saturated heterocycles. The molecule has 0 fully saturated rings. The summed E-state index contributed by atoms with van der Waals surface area (Å²) in [5, 5.41) is 10.9. The topological polar surface area (TPSA) is 58.3 Å². The minimum Gasteiger partial charge on any atom is -0.619 e. The maximum atomic E-state index is 10.9. The number of benzene rings is 2. The molecule has 0 bridgehead atoms. The molecule has 2 heterocycles. The smallest absolute Gasteiger partial charge is 0.180 e. The van der Waals surface area contributed by atoms with Crippen LogP contribution in [-0.4, -0.2) is 23.5 Å². The van der Waals surface area contributed by atoms with Gasteiger partial charge < -0.3 is 14.7 Å². The van der Waals surface area contributed by atoms with Crippen LogP contribution in [0.5, 0.6) is 11.5 Å². The maximum absolute atomic E-state index is 10.9. The van der Waals surface area contributed by atoms with Gasteiger partial charge in [-0.25, -0.2) is 0 Å². The van der Waals surface area contributed by atoms with Gasteiger partial charge >= 0.3 is 0 Å². The van der Waals surface area contributed by atoms with Crippen molar-refractivity contribution in [1.82, 2.24) is 4.98 Å². The highest BCUT2D eigenvalue weighted by atomic mass is 35.6. The molecule has 0 aliphatic rings. The largest absolute Gasteiger partial charge is 0.619 e. The molecule has 2 aromatic heterocycles. The van der Waals surface area contributed by atoms with E-state index in [2.05, 4.69) is 4.98 Å². The fraction of sp³-hybridized carbons (Fsp3) is 0.154. The fourth-order valence-corrected chi connectivity index (χ4v) is 2.72. The first kappa shape index (κ1) is 29.0. The molecule has 4 rings (SSSR count). The number of hydrogen-bond acceptors (Lipinski definition) is 4. The van der Waals surface area contributed by atoms with Crippen molar-refractivity contribution < 1.29 is 14.2 Å². The van der Waals surface area contributed by atoms with Crippen molar-refractivity contribution in [3.05, 3.63) is 103 Å². The third kappa shape index (κ3) is 10.3. The highest BCUT2D eigenvalue weighted by Crippen LogP contribution is 2.22. The highest BCUT2D eigenvalue weighted by molar-refractivity contribution is 6.63. The van der Waals surface area contributed by atoms with E-state index < -0.39 is 4.30 Å². The number of aromatic nitrogens is 2. The van der Waals surface area contributed by atoms with Gasteiger partial charge in [0.05, 0.1) is 14.2 Å². The van der Waals surface area contributed by atoms with E-state index in [1.807, 2.05) is 60.7 Å². The van der Waals surface area contributed by atoms with Crippen LogP contribution in [0.25, 0.3) is 22.3 Å². The van der Waals surface area contributed by atoms with Gasteiger partial charge in [-0.2, -0.15) is 4.73 Å². The summed E-state index contributed by atoms with van der Waals surface area (Å²) < 4.78 is 10.2. The number of ether oxygens (including phenoxy) is 2. The summed E-state index contributed by atoms with van der Waals surface area (Å²) in [6.07, 6.45) is 6.55. The summed E-state index contributed by atoms with van der Waals surface area (Å²) in [7, 11) is 3.30. The minimum absolute atomic E-state index is 0. The Hall–Kier alpha value is -2.99. The van der Waals surface area contributed by atoms with Crippen LogP contribution in [0.3, 0.4) is 0 Å². The standard InChI is InChI=1S/C12H11NO2.C12H11NO.CHCl3.CH4/c1-15-12-4-2-10(3-5-12)11-6-8-13(14)9-7-11;1-14-12-4-2-10(3-5-12)11-6-8-13-9-7-11;2-1(3)4;/h2-9H,1H3;2-9H,1H3;1H;1H4. The molecule has 34 heavy (non-hydrogen) atoms. The first-order valence-electron chi connectivity index (χ1n) is 9.73. The van der Waals surface area contributed by atoms with Crippen molar-refractivity contribution in [3.8, 4) is 33.8 Å². The van der Waals surface area contributed by atoms with Gasteiger partial charge in [-0.1, -0.05) is 66.5 Å². The number of halogens is 3. The molecular formula is C26H27Cl3N2O3. The lowest BCUT2D eigenvalue weighted by atomic mass is 10.1. The van der Waals surface area contributed by atoms with Crippen LogP contribution in [0.1, 0.15) is 7.43 Å². The summed E-state index contributed by atoms with van der Waals surface area (Å²) in [5.41, 5.74) is 4.43. The molecule has 0 aliphatic heterocycles. The number of methoxy groups -OCH3 is 2. The average Bonchev–Trinajstić information content (AvgIpc) is 2.85. The Morgan fingerprint density at radius 1 is 0.647 bits per heavy atom. The predicted molar refractivity (Wildman–Crippen MR) is 142 cm³/mol. The Balaban J connectivity index is 0.000000288. The van der Waals surface area contributed by atoms with Crippen LogP contribution in [0.4, 0.5) is 0 Å². The van der Waals surface area contributed by atoms with Gasteiger partial charge in [0.1, 0.15) is 11.5 Å². The summed E-state index contributed by atoms with van der Waals surface area (Å²) in [6, 6.07) is 23.2. The summed E-state index contributed by atoms with van der Waals surface area (Å²) in [6.45, 7) is 0. The van der Waals surface area contributed by atoms with Crippen LogP contribution in [0, 0.1) is 5.21 Å². The molecule has 180 valence electrons. The third-order valence-electron chi connectivity index (χ3n) is 4.33. The van der Waals surface area contributed by atoms with Crippen molar-refractivity contribution in [1.29, 1.82) is 0 Å². The summed E-state index contributed by atoms with van der Waals surface area (Å²) in [4.78, 5) is 3.98. The van der Waals surface area contributed by atoms with Gasteiger partial charge in [-0.05, 0) is 58.7 Å². The van der Waals surface area contributed by atoms with Crippen molar-refractivity contribution in [2.24, 2.45) is 0 Å². The number of nitrogens with zero attached hydrogens (tertiary/aromatic N) is 2. The highest BCUT2D eigenvalue weighted by Gasteiger charge is 1.99. The molecule has 2 aromatic carbocycles. The molecular weight excluding hydrogens is 495 g/mol. The van der Waals surface area contributed by atoms with E-state index in [9.17, 15) is 5.21 Å². The second kappa shape index (κ2) is 15.8. The lowest BCUT2D eigenvalue weighted by Crippen LogP contribution is -2.23. The molecule has 0 saturated carbocycles. The first-order valence-corrected chi connectivity index (χ1v) is 11.0. The quantitative estimate of drug-likeness (QED) is 0.160. The van der Waals surface area contributed by atoms with E-state index in [0.29, 0.717) is 0 Å². The molecule has 0 unspecified atom stereocenters. The minimum atomic E-state index is -0.750. The van der Waals surface area contributed by atoms with Crippen molar-refractivity contribution in [3.63, 3.8) is 0 Å². The van der Waals surface area contributed by atoms with Gasteiger partial charge in [0.25, 0.3) is 0 Å². The van der Waals surface area contributed by atoms with Gasteiger partial charge in [0.2, 0.25) is 0 Å². The van der Waals surface area contributed by atoms with Gasteiger partial charge in [-0.15, -0.1) is 0 Å². The molecule has 0 radical (unpaired) electrons. The molecule has 0 N–H and O–H groups in total. The number of hydrogen-bond donors (Lipinski definition) is 0. The first-order chi connectivity index (χ1) is 15.9. The number of pyridine rings is 2. The zero-order valence-electron chi connectivity index (χ0n) is 18.1.